The number of carbonyl (C=O) groups excluding carboxylic acids is 1. The Kier molecular flexibility index (Phi) is 4.97. The van der Waals surface area contributed by atoms with Crippen molar-refractivity contribution in [2.24, 2.45) is 11.0 Å². The fourth-order valence-electron chi connectivity index (χ4n) is 3.67. The van der Waals surface area contributed by atoms with Crippen LogP contribution in [-0.4, -0.2) is 16.6 Å². The summed E-state index contributed by atoms with van der Waals surface area (Å²) in [5, 5.41) is 5.26. The molecule has 0 aliphatic heterocycles. The predicted octanol–water partition coefficient (Wildman–Crippen LogP) is 5.20. The minimum absolute atomic E-state index is 0.184. The molecule has 27 heavy (non-hydrogen) atoms. The molecule has 4 heteroatoms. The Hall–Kier alpha value is -3.01. The lowest BCUT2D eigenvalue weighted by Gasteiger charge is -2.19. The number of amides is 1. The fourth-order valence-corrected chi connectivity index (χ4v) is 3.67. The van der Waals surface area contributed by atoms with Gasteiger partial charge in [-0.1, -0.05) is 55.5 Å². The Balaban J connectivity index is 1.69. The molecule has 1 amide bonds. The highest BCUT2D eigenvalue weighted by Crippen LogP contribution is 2.25. The number of carbonyl (C=O) groups is 1. The number of benzene rings is 2. The quantitative estimate of drug-likeness (QED) is 0.655. The van der Waals surface area contributed by atoms with Crippen LogP contribution in [0.4, 0.5) is 0 Å². The molecular formula is C23H23N3O. The fraction of sp³-hybridized carbons (Fsp3) is 0.261. The standard InChI is InChI=1S/C23H23N3O/c1-16-8-7-11-18(14-16)25-26-23(27)20-15-22(17-9-3-2-4-10-17)24-21-13-6-5-12-19(20)21/h2-6,9-10,12-13,15-16H,7-8,11,14H2,1H3,(H,26,27)/b25-18+/t16-/m0/s1. The van der Waals surface area contributed by atoms with Crippen molar-refractivity contribution in [1.29, 1.82) is 0 Å². The predicted molar refractivity (Wildman–Crippen MR) is 110 cm³/mol. The van der Waals surface area contributed by atoms with E-state index in [-0.39, 0.29) is 5.91 Å². The Labute approximate surface area is 159 Å². The molecule has 1 aromatic heterocycles. The van der Waals surface area contributed by atoms with Gasteiger partial charge in [0.05, 0.1) is 16.8 Å². The Morgan fingerprint density at radius 1 is 1.11 bits per heavy atom. The average molecular weight is 357 g/mol. The van der Waals surface area contributed by atoms with Gasteiger partial charge in [0.15, 0.2) is 0 Å². The first-order valence-electron chi connectivity index (χ1n) is 9.51. The Morgan fingerprint density at radius 2 is 1.89 bits per heavy atom. The number of hydrazone groups is 1. The van der Waals surface area contributed by atoms with E-state index >= 15 is 0 Å². The highest BCUT2D eigenvalue weighted by Gasteiger charge is 2.16. The maximum atomic E-state index is 12.9. The van der Waals surface area contributed by atoms with Gasteiger partial charge in [-0.2, -0.15) is 5.10 Å². The summed E-state index contributed by atoms with van der Waals surface area (Å²) in [5.41, 5.74) is 7.06. The first kappa shape index (κ1) is 17.4. The third-order valence-electron chi connectivity index (χ3n) is 5.09. The summed E-state index contributed by atoms with van der Waals surface area (Å²) < 4.78 is 0. The number of aromatic nitrogens is 1. The van der Waals surface area contributed by atoms with Crippen LogP contribution in [0.5, 0.6) is 0 Å². The van der Waals surface area contributed by atoms with Gasteiger partial charge in [0, 0.05) is 16.7 Å². The lowest BCUT2D eigenvalue weighted by atomic mass is 9.89. The third kappa shape index (κ3) is 3.90. The van der Waals surface area contributed by atoms with Crippen LogP contribution in [0.3, 0.4) is 0 Å². The molecule has 3 aromatic rings. The van der Waals surface area contributed by atoms with Gasteiger partial charge in [-0.05, 0) is 43.7 Å². The molecule has 0 bridgehead atoms. The van der Waals surface area contributed by atoms with E-state index in [2.05, 4.69) is 17.5 Å². The van der Waals surface area contributed by atoms with E-state index in [0.29, 0.717) is 11.5 Å². The normalized spacial score (nSPS) is 18.6. The van der Waals surface area contributed by atoms with Crippen LogP contribution in [0.15, 0.2) is 65.8 Å². The SMILES string of the molecule is C[C@H]1CCC/C(=N\NC(=O)c2cc(-c3ccccc3)nc3ccccc23)C1. The molecule has 4 rings (SSSR count). The van der Waals surface area contributed by atoms with Gasteiger partial charge in [0.25, 0.3) is 5.91 Å². The van der Waals surface area contributed by atoms with Crippen molar-refractivity contribution in [3.8, 4) is 11.3 Å². The van der Waals surface area contributed by atoms with Gasteiger partial charge in [-0.25, -0.2) is 10.4 Å². The van der Waals surface area contributed by atoms with E-state index in [9.17, 15) is 4.79 Å². The van der Waals surface area contributed by atoms with Crippen LogP contribution >= 0.6 is 0 Å². The van der Waals surface area contributed by atoms with Crippen molar-refractivity contribution < 1.29 is 4.79 Å². The van der Waals surface area contributed by atoms with Crippen LogP contribution in [0, 0.1) is 5.92 Å². The molecule has 136 valence electrons. The third-order valence-corrected chi connectivity index (χ3v) is 5.09. The highest BCUT2D eigenvalue weighted by atomic mass is 16.2. The number of nitrogens with zero attached hydrogens (tertiary/aromatic N) is 2. The topological polar surface area (TPSA) is 54.4 Å². The Bertz CT molecular complexity index is 995. The number of rotatable bonds is 3. The molecule has 1 saturated carbocycles. The molecule has 2 aromatic carbocycles. The van der Waals surface area contributed by atoms with Crippen molar-refractivity contribution >= 4 is 22.5 Å². The zero-order chi connectivity index (χ0) is 18.6. The number of para-hydroxylation sites is 1. The van der Waals surface area contributed by atoms with Crippen molar-refractivity contribution in [2.75, 3.05) is 0 Å². The second-order valence-corrected chi connectivity index (χ2v) is 7.26. The minimum Gasteiger partial charge on any atom is -0.267 e. The summed E-state index contributed by atoms with van der Waals surface area (Å²) in [6, 6.07) is 19.5. The molecule has 1 N–H and O–H groups in total. The van der Waals surface area contributed by atoms with Crippen LogP contribution in [0.25, 0.3) is 22.2 Å². The molecule has 1 atom stereocenters. The number of hydrogen-bond acceptors (Lipinski definition) is 3. The number of fused-ring (bicyclic) bond motifs is 1. The van der Waals surface area contributed by atoms with Gasteiger partial charge >= 0.3 is 0 Å². The second-order valence-electron chi connectivity index (χ2n) is 7.26. The Morgan fingerprint density at radius 3 is 2.70 bits per heavy atom. The van der Waals surface area contributed by atoms with Crippen molar-refractivity contribution in [3.05, 3.63) is 66.2 Å². The maximum absolute atomic E-state index is 12.9. The zero-order valence-corrected chi connectivity index (χ0v) is 15.5. The van der Waals surface area contributed by atoms with E-state index < -0.39 is 0 Å². The molecule has 0 saturated heterocycles. The molecule has 4 nitrogen and oxygen atoms in total. The van der Waals surface area contributed by atoms with Crippen LogP contribution in [-0.2, 0) is 0 Å². The van der Waals surface area contributed by atoms with E-state index in [0.717, 1.165) is 47.1 Å². The summed E-state index contributed by atoms with van der Waals surface area (Å²) in [6.45, 7) is 2.24. The van der Waals surface area contributed by atoms with Crippen molar-refractivity contribution in [2.45, 2.75) is 32.6 Å². The largest absolute Gasteiger partial charge is 0.272 e. The number of hydrogen-bond donors (Lipinski definition) is 1. The monoisotopic (exact) mass is 357 g/mol. The van der Waals surface area contributed by atoms with E-state index in [1.54, 1.807) is 0 Å². The molecule has 1 heterocycles. The van der Waals surface area contributed by atoms with Gasteiger partial charge in [0.2, 0.25) is 0 Å². The minimum atomic E-state index is -0.184. The van der Waals surface area contributed by atoms with Gasteiger partial charge in [-0.3, -0.25) is 4.79 Å². The lowest BCUT2D eigenvalue weighted by Crippen LogP contribution is -2.22. The van der Waals surface area contributed by atoms with E-state index in [1.807, 2.05) is 60.7 Å². The smallest absolute Gasteiger partial charge is 0.267 e. The summed E-state index contributed by atoms with van der Waals surface area (Å²) >= 11 is 0. The molecule has 0 radical (unpaired) electrons. The summed E-state index contributed by atoms with van der Waals surface area (Å²) in [6.07, 6.45) is 4.32. The first-order valence-corrected chi connectivity index (χ1v) is 9.51. The highest BCUT2D eigenvalue weighted by molar-refractivity contribution is 6.07. The summed E-state index contributed by atoms with van der Waals surface area (Å²) in [4.78, 5) is 17.7. The second kappa shape index (κ2) is 7.70. The van der Waals surface area contributed by atoms with Gasteiger partial charge in [-0.15, -0.1) is 0 Å². The molecule has 0 spiro atoms. The van der Waals surface area contributed by atoms with Crippen molar-refractivity contribution in [3.63, 3.8) is 0 Å². The van der Waals surface area contributed by atoms with Gasteiger partial charge in [0.1, 0.15) is 0 Å². The molecule has 1 aliphatic rings. The summed E-state index contributed by atoms with van der Waals surface area (Å²) in [5.74, 6) is 0.456. The van der Waals surface area contributed by atoms with E-state index in [4.69, 9.17) is 4.98 Å². The summed E-state index contributed by atoms with van der Waals surface area (Å²) in [7, 11) is 0. The zero-order valence-electron chi connectivity index (χ0n) is 15.5. The average Bonchev–Trinajstić information content (AvgIpc) is 2.72. The number of pyridine rings is 1. The van der Waals surface area contributed by atoms with Crippen LogP contribution < -0.4 is 5.43 Å². The molecule has 0 unspecified atom stereocenters. The number of nitrogens with one attached hydrogen (secondary N) is 1. The van der Waals surface area contributed by atoms with E-state index in [1.165, 1.54) is 6.42 Å². The molecular weight excluding hydrogens is 334 g/mol. The molecule has 1 aliphatic carbocycles. The first-order chi connectivity index (χ1) is 13.2. The van der Waals surface area contributed by atoms with Crippen LogP contribution in [0.1, 0.15) is 43.0 Å². The van der Waals surface area contributed by atoms with Gasteiger partial charge < -0.3 is 0 Å². The van der Waals surface area contributed by atoms with Crippen LogP contribution in [0.2, 0.25) is 0 Å². The maximum Gasteiger partial charge on any atom is 0.272 e. The molecule has 1 fully saturated rings. The lowest BCUT2D eigenvalue weighted by molar-refractivity contribution is 0.0956. The van der Waals surface area contributed by atoms with Crippen molar-refractivity contribution in [1.82, 2.24) is 10.4 Å².